The maximum absolute atomic E-state index is 14.4. The topological polar surface area (TPSA) is 223 Å². The van der Waals surface area contributed by atoms with Crippen LogP contribution >= 0.6 is 23.4 Å². The number of H-pyrrole nitrogens is 1. The molecule has 2 heterocycles. The number of aromatic amines is 1. The molecule has 0 saturated heterocycles. The zero-order valence-electron chi connectivity index (χ0n) is 30.5. The van der Waals surface area contributed by atoms with Crippen molar-refractivity contribution >= 4 is 56.1 Å². The van der Waals surface area contributed by atoms with Gasteiger partial charge in [-0.05, 0) is 77.5 Å². The molecule has 0 saturated carbocycles. The van der Waals surface area contributed by atoms with E-state index in [4.69, 9.17) is 33.9 Å². The van der Waals surface area contributed by atoms with Crippen LogP contribution in [0.3, 0.4) is 0 Å². The molecule has 2 aromatic heterocycles. The van der Waals surface area contributed by atoms with Gasteiger partial charge in [0.2, 0.25) is 21.8 Å². The van der Waals surface area contributed by atoms with Crippen LogP contribution in [0.15, 0.2) is 100 Å². The Morgan fingerprint density at radius 2 is 1.78 bits per heavy atom. The summed E-state index contributed by atoms with van der Waals surface area (Å²) in [6.45, 7) is 0.270. The molecule has 55 heavy (non-hydrogen) atoms. The van der Waals surface area contributed by atoms with E-state index in [-0.39, 0.29) is 43.5 Å². The number of hydrogen-bond acceptors (Lipinski definition) is 10. The van der Waals surface area contributed by atoms with Crippen molar-refractivity contribution in [2.24, 2.45) is 17.2 Å². The number of benzene rings is 3. The maximum Gasteiger partial charge on any atom is 0.243 e. The van der Waals surface area contributed by atoms with Gasteiger partial charge in [0.05, 0.1) is 22.6 Å². The summed E-state index contributed by atoms with van der Waals surface area (Å²) in [7, 11) is -2.26. The molecule has 0 radical (unpaired) electrons. The number of sulfonamides is 1. The number of halogens is 1. The summed E-state index contributed by atoms with van der Waals surface area (Å²) < 4.78 is 27.9. The summed E-state index contributed by atoms with van der Waals surface area (Å²) in [6.07, 6.45) is 5.57. The molecule has 2 atom stereocenters. The van der Waals surface area contributed by atoms with Crippen molar-refractivity contribution in [2.75, 3.05) is 26.7 Å². The Balaban J connectivity index is 1.52. The van der Waals surface area contributed by atoms with Crippen LogP contribution in [-0.4, -0.2) is 79.0 Å². The molecular weight excluding hydrogens is 760 g/mol. The summed E-state index contributed by atoms with van der Waals surface area (Å²) in [6, 6.07) is 19.5. The van der Waals surface area contributed by atoms with Crippen molar-refractivity contribution in [3.63, 3.8) is 0 Å². The second-order valence-corrected chi connectivity index (χ2v) is 16.1. The summed E-state index contributed by atoms with van der Waals surface area (Å²) in [5.74, 6) is -0.765. The fourth-order valence-electron chi connectivity index (χ4n) is 6.26. The quantitative estimate of drug-likeness (QED) is 0.0597. The number of amides is 2. The Labute approximate surface area is 330 Å². The summed E-state index contributed by atoms with van der Waals surface area (Å²) in [5.41, 5.74) is 22.6. The van der Waals surface area contributed by atoms with Crippen LogP contribution in [0.4, 0.5) is 0 Å². The number of aliphatic hydroxyl groups is 1. The summed E-state index contributed by atoms with van der Waals surface area (Å²) in [5, 5.41) is 14.2. The highest BCUT2D eigenvalue weighted by atomic mass is 35.5. The van der Waals surface area contributed by atoms with Crippen LogP contribution in [0.2, 0.25) is 5.02 Å². The fraction of sp³-hybridized carbons (Fsp3) is 0.308. The SMILES string of the molecule is CN(C(=O)[C@@H](N)CCCCN)[C@@H](Cc1c[nH]c2ccccc12)C(=O)NCc1c(-c2ccc(S(=O)(=O)NCCO)cc2)ccc(Cl)c1Sc1ncccc1CN. The average molecular weight is 807 g/mol. The average Bonchev–Trinajstić information content (AvgIpc) is 3.61. The van der Waals surface area contributed by atoms with Crippen molar-refractivity contribution < 1.29 is 23.1 Å². The van der Waals surface area contributed by atoms with E-state index in [0.29, 0.717) is 51.0 Å². The van der Waals surface area contributed by atoms with E-state index in [9.17, 15) is 18.0 Å². The molecule has 13 nitrogen and oxygen atoms in total. The minimum atomic E-state index is -3.85. The minimum absolute atomic E-state index is 0.00503. The number of carbonyl (C=O) groups excluding carboxylic acids is 2. The van der Waals surface area contributed by atoms with Crippen LogP contribution in [0.25, 0.3) is 22.0 Å². The number of carbonyl (C=O) groups is 2. The van der Waals surface area contributed by atoms with Crippen molar-refractivity contribution in [2.45, 2.75) is 65.7 Å². The van der Waals surface area contributed by atoms with Crippen molar-refractivity contribution in [3.8, 4) is 11.1 Å². The Kier molecular flexibility index (Phi) is 14.8. The number of para-hydroxylation sites is 1. The molecule has 16 heteroatoms. The number of aliphatic hydroxyl groups excluding tert-OH is 1. The lowest BCUT2D eigenvalue weighted by Crippen LogP contribution is -2.53. The molecular formula is C39H47ClN8O5S2. The molecule has 0 bridgehead atoms. The molecule has 2 amide bonds. The molecule has 3 aromatic carbocycles. The molecule has 0 spiro atoms. The van der Waals surface area contributed by atoms with Gasteiger partial charge in [-0.25, -0.2) is 18.1 Å². The number of nitrogens with zero attached hydrogens (tertiary/aromatic N) is 2. The Bertz CT molecular complexity index is 2200. The van der Waals surface area contributed by atoms with Gasteiger partial charge in [0.15, 0.2) is 0 Å². The predicted molar refractivity (Wildman–Crippen MR) is 217 cm³/mol. The van der Waals surface area contributed by atoms with Gasteiger partial charge in [-0.15, -0.1) is 0 Å². The Hall–Kier alpha value is -4.32. The van der Waals surface area contributed by atoms with Gasteiger partial charge < -0.3 is 37.5 Å². The van der Waals surface area contributed by atoms with Crippen molar-refractivity contribution in [3.05, 3.63) is 107 Å². The van der Waals surface area contributed by atoms with Crippen LogP contribution in [0.5, 0.6) is 0 Å². The first-order valence-electron chi connectivity index (χ1n) is 17.9. The molecule has 10 N–H and O–H groups in total. The number of aromatic nitrogens is 2. The first kappa shape index (κ1) is 41.8. The highest BCUT2D eigenvalue weighted by Crippen LogP contribution is 2.41. The standard InChI is InChI=1S/C39H47ClN8O5S2/c1-48(39(51)33(43)9-4-5-17-41)35(21-27-23-45-34-10-3-2-8-30(27)34)37(50)46-24-31-29(25-11-13-28(14-12-25)55(52,53)47-19-20-49)15-16-32(40)36(31)54-38-26(22-42)7-6-18-44-38/h2-3,6-8,10-16,18,23,33,35,45,47,49H,4-5,9,17,19-22,24,41-43H2,1H3,(H,46,50)/t33-,35-/m0/s1. The molecule has 0 aliphatic heterocycles. The van der Waals surface area contributed by atoms with Crippen molar-refractivity contribution in [1.82, 2.24) is 24.9 Å². The van der Waals surface area contributed by atoms with Gasteiger partial charge in [-0.3, -0.25) is 9.59 Å². The lowest BCUT2D eigenvalue weighted by molar-refractivity contribution is -0.140. The first-order valence-corrected chi connectivity index (χ1v) is 20.6. The van der Waals surface area contributed by atoms with Gasteiger partial charge >= 0.3 is 0 Å². The Morgan fingerprint density at radius 1 is 1.02 bits per heavy atom. The maximum atomic E-state index is 14.4. The smallest absolute Gasteiger partial charge is 0.243 e. The summed E-state index contributed by atoms with van der Waals surface area (Å²) in [4.78, 5) is 38.0. The van der Waals surface area contributed by atoms with Gasteiger partial charge in [-0.2, -0.15) is 0 Å². The monoisotopic (exact) mass is 806 g/mol. The molecule has 0 aliphatic rings. The number of rotatable bonds is 19. The predicted octanol–water partition coefficient (Wildman–Crippen LogP) is 3.91. The number of fused-ring (bicyclic) bond motifs is 1. The van der Waals surface area contributed by atoms with Crippen LogP contribution in [0.1, 0.15) is 36.0 Å². The lowest BCUT2D eigenvalue weighted by Gasteiger charge is -2.30. The van der Waals surface area contributed by atoms with Gasteiger partial charge in [0.1, 0.15) is 11.1 Å². The normalized spacial score (nSPS) is 12.8. The van der Waals surface area contributed by atoms with Crippen LogP contribution in [0, 0.1) is 0 Å². The van der Waals surface area contributed by atoms with E-state index in [0.717, 1.165) is 28.5 Å². The zero-order chi connectivity index (χ0) is 39.5. The van der Waals surface area contributed by atoms with Crippen molar-refractivity contribution in [1.29, 1.82) is 0 Å². The van der Waals surface area contributed by atoms with E-state index >= 15 is 0 Å². The molecule has 292 valence electrons. The minimum Gasteiger partial charge on any atom is -0.395 e. The number of hydrogen-bond donors (Lipinski definition) is 7. The molecule has 0 aliphatic carbocycles. The van der Waals surface area contributed by atoms with Crippen LogP contribution in [-0.2, 0) is 39.1 Å². The largest absolute Gasteiger partial charge is 0.395 e. The number of nitrogens with one attached hydrogen (secondary N) is 3. The molecule has 0 fully saturated rings. The molecule has 0 unspecified atom stereocenters. The third kappa shape index (κ3) is 10.3. The van der Waals surface area contributed by atoms with E-state index in [1.54, 1.807) is 37.5 Å². The second-order valence-electron chi connectivity index (χ2n) is 13.0. The highest BCUT2D eigenvalue weighted by Gasteiger charge is 2.31. The number of unbranched alkanes of at least 4 members (excludes halogenated alkanes) is 1. The zero-order valence-corrected chi connectivity index (χ0v) is 32.9. The van der Waals surface area contributed by atoms with Gasteiger partial charge in [0.25, 0.3) is 0 Å². The number of pyridine rings is 1. The van der Waals surface area contributed by atoms with Gasteiger partial charge in [-0.1, -0.05) is 72.2 Å². The van der Waals surface area contributed by atoms with Gasteiger partial charge in [0, 0.05) is 61.3 Å². The molecule has 5 rings (SSSR count). The fourth-order valence-corrected chi connectivity index (χ4v) is 8.63. The first-order chi connectivity index (χ1) is 26.5. The van der Waals surface area contributed by atoms with E-state index in [1.807, 2.05) is 42.6 Å². The number of nitrogens with two attached hydrogens (primary N) is 3. The highest BCUT2D eigenvalue weighted by molar-refractivity contribution is 7.99. The Morgan fingerprint density at radius 3 is 2.51 bits per heavy atom. The third-order valence-electron chi connectivity index (χ3n) is 9.29. The second kappa shape index (κ2) is 19.5. The number of likely N-dealkylation sites (N-methyl/N-ethyl adjacent to an activating group) is 1. The lowest BCUT2D eigenvalue weighted by atomic mass is 9.98. The summed E-state index contributed by atoms with van der Waals surface area (Å²) >= 11 is 8.21. The molecule has 5 aromatic rings. The van der Waals surface area contributed by atoms with E-state index < -0.39 is 28.0 Å². The van der Waals surface area contributed by atoms with E-state index in [2.05, 4.69) is 20.0 Å². The van der Waals surface area contributed by atoms with Crippen LogP contribution < -0.4 is 27.2 Å². The third-order valence-corrected chi connectivity index (χ3v) is 12.4. The van der Waals surface area contributed by atoms with E-state index in [1.165, 1.54) is 28.8 Å².